The fourth-order valence-corrected chi connectivity index (χ4v) is 7.56. The zero-order chi connectivity index (χ0) is 29.7. The summed E-state index contributed by atoms with van der Waals surface area (Å²) in [6.45, 7) is 2.51. The third-order valence-electron chi connectivity index (χ3n) is 9.67. The van der Waals surface area contributed by atoms with Gasteiger partial charge < -0.3 is 34.5 Å². The first-order valence-corrected chi connectivity index (χ1v) is 15.2. The van der Waals surface area contributed by atoms with Gasteiger partial charge in [0.15, 0.2) is 17.6 Å². The highest BCUT2D eigenvalue weighted by molar-refractivity contribution is 6.02. The topological polar surface area (TPSA) is 115 Å². The van der Waals surface area contributed by atoms with Gasteiger partial charge in [-0.15, -0.1) is 0 Å². The monoisotopic (exact) mass is 587 g/mol. The molecule has 0 aromatic heterocycles. The Morgan fingerprint density at radius 2 is 1.88 bits per heavy atom. The molecule has 1 saturated carbocycles. The fraction of sp³-hybridized carbons (Fsp3) is 0.485. The first kappa shape index (κ1) is 27.8. The van der Waals surface area contributed by atoms with Crippen molar-refractivity contribution in [3.63, 3.8) is 0 Å². The van der Waals surface area contributed by atoms with E-state index in [0.717, 1.165) is 25.7 Å². The molecule has 2 aromatic carbocycles. The van der Waals surface area contributed by atoms with Crippen LogP contribution in [0.25, 0.3) is 0 Å². The quantitative estimate of drug-likeness (QED) is 0.478. The van der Waals surface area contributed by atoms with Gasteiger partial charge in [-0.05, 0) is 43.0 Å². The predicted octanol–water partition coefficient (Wildman–Crippen LogP) is 3.32. The second-order valence-electron chi connectivity index (χ2n) is 12.3. The largest absolute Gasteiger partial charge is 0.497 e. The van der Waals surface area contributed by atoms with E-state index in [4.69, 9.17) is 18.9 Å². The minimum Gasteiger partial charge on any atom is -0.497 e. The molecule has 0 unspecified atom stereocenters. The molecule has 10 nitrogen and oxygen atoms in total. The van der Waals surface area contributed by atoms with Crippen molar-refractivity contribution in [3.8, 4) is 17.2 Å². The number of likely N-dealkylation sites (tertiary alicyclic amines) is 1. The van der Waals surface area contributed by atoms with E-state index in [1.165, 1.54) is 0 Å². The summed E-state index contributed by atoms with van der Waals surface area (Å²) in [5.74, 6) is -0.382. The maximum absolute atomic E-state index is 14.4. The highest BCUT2D eigenvalue weighted by Crippen LogP contribution is 2.55. The molecule has 2 N–H and O–H groups in total. The molecule has 0 radical (unpaired) electrons. The van der Waals surface area contributed by atoms with Crippen molar-refractivity contribution in [2.75, 3.05) is 25.6 Å². The Morgan fingerprint density at radius 3 is 2.70 bits per heavy atom. The molecule has 43 heavy (non-hydrogen) atoms. The number of para-hydroxylation sites is 2. The van der Waals surface area contributed by atoms with Crippen LogP contribution in [-0.4, -0.2) is 72.8 Å². The Hall–Kier alpha value is -4.05. The molecule has 226 valence electrons. The summed E-state index contributed by atoms with van der Waals surface area (Å²) in [6, 6.07) is 13.5. The number of benzene rings is 2. The number of rotatable bonds is 7. The number of fused-ring (bicyclic) bond motifs is 2. The molecule has 2 saturated heterocycles. The van der Waals surface area contributed by atoms with Crippen molar-refractivity contribution in [3.05, 3.63) is 60.7 Å². The number of nitrogens with one attached hydrogen (secondary N) is 2. The Balaban J connectivity index is 1.19. The number of amides is 3. The summed E-state index contributed by atoms with van der Waals surface area (Å²) in [4.78, 5) is 43.9. The van der Waals surface area contributed by atoms with Crippen LogP contribution in [0.5, 0.6) is 17.2 Å². The predicted molar refractivity (Wildman–Crippen MR) is 157 cm³/mol. The van der Waals surface area contributed by atoms with Gasteiger partial charge in [0.05, 0.1) is 31.6 Å². The molecule has 5 aliphatic rings. The summed E-state index contributed by atoms with van der Waals surface area (Å²) >= 11 is 0. The van der Waals surface area contributed by atoms with Crippen molar-refractivity contribution in [1.29, 1.82) is 0 Å². The standard InChI is InChI=1S/C33H37N3O7/c1-19-8-3-4-11-23(19)35-31(38)29-33-15-14-26(43-33)27(30(37)34-20-9-7-10-21(16-20)40-2)28(33)32(39)36(29)17-22-18-41-24-12-5-6-13-25(24)42-22/h5-7,9-10,12-16,19,22-23,26-29H,3-4,8,11,17-18H2,1-2H3,(H,34,37)(H,35,38)/t19-,22-,23-,26-,27+,28-,29-,33-/m1/s1. The van der Waals surface area contributed by atoms with Crippen molar-refractivity contribution in [1.82, 2.24) is 10.2 Å². The second-order valence-corrected chi connectivity index (χ2v) is 12.3. The van der Waals surface area contributed by atoms with Gasteiger partial charge in [-0.2, -0.15) is 0 Å². The minimum atomic E-state index is -1.26. The Labute approximate surface area is 250 Å². The lowest BCUT2D eigenvalue weighted by atomic mass is 9.74. The van der Waals surface area contributed by atoms with Crippen molar-refractivity contribution in [2.24, 2.45) is 17.8 Å². The van der Waals surface area contributed by atoms with E-state index < -0.39 is 35.7 Å². The summed E-state index contributed by atoms with van der Waals surface area (Å²) in [5, 5.41) is 6.21. The van der Waals surface area contributed by atoms with Gasteiger partial charge in [0.2, 0.25) is 17.7 Å². The highest BCUT2D eigenvalue weighted by Gasteiger charge is 2.73. The van der Waals surface area contributed by atoms with E-state index in [1.807, 2.05) is 36.4 Å². The van der Waals surface area contributed by atoms with Crippen LogP contribution in [0.3, 0.4) is 0 Å². The van der Waals surface area contributed by atoms with Gasteiger partial charge >= 0.3 is 0 Å². The Bertz CT molecular complexity index is 1460. The Kier molecular flexibility index (Phi) is 7.04. The number of ether oxygens (including phenoxy) is 4. The fourth-order valence-electron chi connectivity index (χ4n) is 7.56. The lowest BCUT2D eigenvalue weighted by Gasteiger charge is -2.37. The smallest absolute Gasteiger partial charge is 0.246 e. The highest BCUT2D eigenvalue weighted by atomic mass is 16.6. The van der Waals surface area contributed by atoms with E-state index in [0.29, 0.717) is 28.9 Å². The lowest BCUT2D eigenvalue weighted by molar-refractivity contribution is -0.143. The molecule has 1 aliphatic carbocycles. The van der Waals surface area contributed by atoms with Gasteiger partial charge in [-0.3, -0.25) is 14.4 Å². The molecule has 7 rings (SSSR count). The summed E-state index contributed by atoms with van der Waals surface area (Å²) in [7, 11) is 1.56. The van der Waals surface area contributed by atoms with E-state index in [9.17, 15) is 14.4 Å². The maximum atomic E-state index is 14.4. The zero-order valence-electron chi connectivity index (χ0n) is 24.4. The number of carbonyl (C=O) groups is 3. The van der Waals surface area contributed by atoms with E-state index in [1.54, 1.807) is 36.3 Å². The maximum Gasteiger partial charge on any atom is 0.246 e. The van der Waals surface area contributed by atoms with Crippen LogP contribution in [0.4, 0.5) is 5.69 Å². The van der Waals surface area contributed by atoms with E-state index in [2.05, 4.69) is 17.6 Å². The number of methoxy groups -OCH3 is 1. The van der Waals surface area contributed by atoms with Crippen LogP contribution in [0, 0.1) is 17.8 Å². The molecular formula is C33H37N3O7. The van der Waals surface area contributed by atoms with Crippen molar-refractivity contribution in [2.45, 2.75) is 62.5 Å². The summed E-state index contributed by atoms with van der Waals surface area (Å²) in [5.41, 5.74) is -0.701. The molecule has 3 amide bonds. The molecule has 1 spiro atoms. The normalized spacial score (nSPS) is 33.7. The van der Waals surface area contributed by atoms with Crippen molar-refractivity contribution < 1.29 is 33.3 Å². The Morgan fingerprint density at radius 1 is 1.07 bits per heavy atom. The first-order chi connectivity index (χ1) is 20.9. The number of nitrogens with zero attached hydrogens (tertiary/aromatic N) is 1. The lowest BCUT2D eigenvalue weighted by Crippen LogP contribution is -2.58. The number of hydrogen-bond acceptors (Lipinski definition) is 7. The molecule has 4 aliphatic heterocycles. The van der Waals surface area contributed by atoms with E-state index >= 15 is 0 Å². The molecule has 2 bridgehead atoms. The van der Waals surface area contributed by atoms with Gasteiger partial charge in [0.25, 0.3) is 0 Å². The third-order valence-corrected chi connectivity index (χ3v) is 9.67. The number of carbonyl (C=O) groups excluding carboxylic acids is 3. The molecule has 8 atom stereocenters. The SMILES string of the molecule is COc1cccc(NC(=O)[C@H]2[C@H]3C=C[C@@]4(O3)[C@H]2C(=O)N(C[C@@H]2COc3ccccc3O2)[C@@H]4C(=O)N[C@@H]2CCCC[C@H]2C)c1. The minimum absolute atomic E-state index is 0.0181. The average molecular weight is 588 g/mol. The van der Waals surface area contributed by atoms with Crippen LogP contribution >= 0.6 is 0 Å². The molecule has 2 aromatic rings. The van der Waals surface area contributed by atoms with Crippen LogP contribution < -0.4 is 24.8 Å². The van der Waals surface area contributed by atoms with Crippen LogP contribution in [0.1, 0.15) is 32.6 Å². The van der Waals surface area contributed by atoms with Gasteiger partial charge in [0, 0.05) is 17.8 Å². The molecule has 4 heterocycles. The third kappa shape index (κ3) is 4.72. The van der Waals surface area contributed by atoms with Crippen LogP contribution in [-0.2, 0) is 19.1 Å². The first-order valence-electron chi connectivity index (χ1n) is 15.2. The van der Waals surface area contributed by atoms with Gasteiger partial charge in [-0.1, -0.05) is 50.1 Å². The summed E-state index contributed by atoms with van der Waals surface area (Å²) in [6.07, 6.45) is 6.67. The van der Waals surface area contributed by atoms with Crippen LogP contribution in [0.15, 0.2) is 60.7 Å². The number of anilines is 1. The molecule has 10 heteroatoms. The van der Waals surface area contributed by atoms with Gasteiger partial charge in [-0.25, -0.2) is 0 Å². The van der Waals surface area contributed by atoms with E-state index in [-0.39, 0.29) is 36.9 Å². The van der Waals surface area contributed by atoms with Gasteiger partial charge in [0.1, 0.15) is 24.0 Å². The molecular weight excluding hydrogens is 550 g/mol. The number of hydrogen-bond donors (Lipinski definition) is 2. The summed E-state index contributed by atoms with van der Waals surface area (Å²) < 4.78 is 23.9. The second kappa shape index (κ2) is 10.9. The molecule has 3 fully saturated rings. The average Bonchev–Trinajstić information content (AvgIpc) is 3.66. The zero-order valence-corrected chi connectivity index (χ0v) is 24.4. The van der Waals surface area contributed by atoms with Crippen molar-refractivity contribution >= 4 is 23.4 Å². The van der Waals surface area contributed by atoms with Crippen LogP contribution in [0.2, 0.25) is 0 Å².